The van der Waals surface area contributed by atoms with Crippen molar-refractivity contribution in [3.05, 3.63) is 81.7 Å². The maximum absolute atomic E-state index is 13.4. The van der Waals surface area contributed by atoms with Gasteiger partial charge in [-0.05, 0) is 74.4 Å². The van der Waals surface area contributed by atoms with Crippen molar-refractivity contribution in [3.63, 3.8) is 0 Å². The molecule has 0 saturated carbocycles. The van der Waals surface area contributed by atoms with E-state index in [0.29, 0.717) is 22.0 Å². The van der Waals surface area contributed by atoms with Crippen LogP contribution in [0.5, 0.6) is 0 Å². The van der Waals surface area contributed by atoms with Gasteiger partial charge in [0.25, 0.3) is 11.8 Å². The van der Waals surface area contributed by atoms with E-state index in [-0.39, 0.29) is 29.3 Å². The van der Waals surface area contributed by atoms with Crippen LogP contribution in [0.2, 0.25) is 0 Å². The van der Waals surface area contributed by atoms with Gasteiger partial charge >= 0.3 is 0 Å². The molecule has 9 heteroatoms. The van der Waals surface area contributed by atoms with E-state index >= 15 is 0 Å². The number of hydrogen-bond acceptors (Lipinski definition) is 5. The molecular weight excluding hydrogens is 506 g/mol. The van der Waals surface area contributed by atoms with Crippen molar-refractivity contribution < 1.29 is 18.0 Å². The first kappa shape index (κ1) is 27.0. The monoisotopic (exact) mass is 539 g/mol. The Hall–Kier alpha value is -3.01. The van der Waals surface area contributed by atoms with E-state index in [0.717, 1.165) is 35.3 Å². The predicted octanol–water partition coefficient (Wildman–Crippen LogP) is 5.08. The number of carbonyl (C=O) groups is 2. The quantitative estimate of drug-likeness (QED) is 0.417. The first-order chi connectivity index (χ1) is 17.6. The third-order valence-corrected chi connectivity index (χ3v) is 9.88. The summed E-state index contributed by atoms with van der Waals surface area (Å²) in [6.45, 7) is 6.13. The second-order valence-corrected chi connectivity index (χ2v) is 12.7. The summed E-state index contributed by atoms with van der Waals surface area (Å²) in [4.78, 5) is 27.0. The zero-order valence-corrected chi connectivity index (χ0v) is 23.2. The highest BCUT2D eigenvalue weighted by Gasteiger charge is 2.29. The average Bonchev–Trinajstić information content (AvgIpc) is 3.23. The molecule has 1 atom stereocenters. The Bertz CT molecular complexity index is 1380. The second-order valence-electron chi connectivity index (χ2n) is 9.74. The Kier molecular flexibility index (Phi) is 8.16. The molecule has 1 aliphatic rings. The van der Waals surface area contributed by atoms with Gasteiger partial charge in [0.2, 0.25) is 10.0 Å². The van der Waals surface area contributed by atoms with Gasteiger partial charge in [-0.1, -0.05) is 37.3 Å². The van der Waals surface area contributed by atoms with E-state index in [1.54, 1.807) is 7.05 Å². The van der Waals surface area contributed by atoms with Crippen LogP contribution in [-0.4, -0.2) is 37.6 Å². The number of sulfonamides is 1. The fraction of sp³-hybridized carbons (Fsp3) is 0.357. The van der Waals surface area contributed by atoms with Crippen LogP contribution in [-0.2, 0) is 29.4 Å². The Balaban J connectivity index is 1.56. The van der Waals surface area contributed by atoms with E-state index in [1.165, 1.54) is 39.9 Å². The molecule has 0 fully saturated rings. The summed E-state index contributed by atoms with van der Waals surface area (Å²) < 4.78 is 28.3. The van der Waals surface area contributed by atoms with Crippen LogP contribution in [0, 0.1) is 5.92 Å². The third-order valence-electron chi connectivity index (χ3n) is 6.67. The number of anilines is 1. The molecule has 1 aromatic heterocycles. The molecule has 1 heterocycles. The summed E-state index contributed by atoms with van der Waals surface area (Å²) >= 11 is 1.45. The van der Waals surface area contributed by atoms with Crippen LogP contribution >= 0.6 is 11.3 Å². The number of fused-ring (bicyclic) bond motifs is 1. The summed E-state index contributed by atoms with van der Waals surface area (Å²) in [6.07, 6.45) is 2.71. The number of nitrogens with zero attached hydrogens (tertiary/aromatic N) is 1. The van der Waals surface area contributed by atoms with Gasteiger partial charge in [0.1, 0.15) is 5.00 Å². The zero-order chi connectivity index (χ0) is 26.7. The minimum Gasteiger partial charge on any atom is -0.355 e. The van der Waals surface area contributed by atoms with Crippen LogP contribution in [0.25, 0.3) is 0 Å². The maximum Gasteiger partial charge on any atom is 0.256 e. The Morgan fingerprint density at radius 3 is 2.35 bits per heavy atom. The van der Waals surface area contributed by atoms with E-state index in [4.69, 9.17) is 0 Å². The molecule has 0 aliphatic heterocycles. The molecule has 37 heavy (non-hydrogen) atoms. The van der Waals surface area contributed by atoms with Crippen LogP contribution in [0.15, 0.2) is 59.5 Å². The maximum atomic E-state index is 13.4. The van der Waals surface area contributed by atoms with Gasteiger partial charge in [0.15, 0.2) is 0 Å². The van der Waals surface area contributed by atoms with Crippen molar-refractivity contribution in [1.29, 1.82) is 0 Å². The van der Waals surface area contributed by atoms with Crippen molar-refractivity contribution in [2.45, 2.75) is 57.5 Å². The van der Waals surface area contributed by atoms with Crippen molar-refractivity contribution in [3.8, 4) is 0 Å². The lowest BCUT2D eigenvalue weighted by Gasteiger charge is -2.26. The van der Waals surface area contributed by atoms with Crippen molar-refractivity contribution >= 4 is 38.2 Å². The van der Waals surface area contributed by atoms with Gasteiger partial charge in [-0.2, -0.15) is 4.31 Å². The molecule has 1 unspecified atom stereocenters. The molecular formula is C28H33N3O4S2. The number of carbonyl (C=O) groups excluding carboxylic acids is 2. The SMILES string of the molecule is CNC(=O)c1c(NC(=O)c2ccc(S(=O)(=O)N(Cc3ccccc3)C(C)C)cc2)sc2c1CCC(C)C2. The van der Waals surface area contributed by atoms with Gasteiger partial charge in [0.05, 0.1) is 10.5 Å². The van der Waals surface area contributed by atoms with Gasteiger partial charge in [-0.15, -0.1) is 11.3 Å². The lowest BCUT2D eigenvalue weighted by Crippen LogP contribution is -2.36. The summed E-state index contributed by atoms with van der Waals surface area (Å²) in [6, 6.07) is 15.2. The number of amides is 2. The molecule has 2 aromatic carbocycles. The highest BCUT2D eigenvalue weighted by Crippen LogP contribution is 2.39. The summed E-state index contributed by atoms with van der Waals surface area (Å²) in [7, 11) is -2.19. The molecule has 7 nitrogen and oxygen atoms in total. The minimum atomic E-state index is -3.78. The van der Waals surface area contributed by atoms with Crippen molar-refractivity contribution in [2.75, 3.05) is 12.4 Å². The molecule has 0 bridgehead atoms. The second kappa shape index (κ2) is 11.2. The Morgan fingerprint density at radius 1 is 1.05 bits per heavy atom. The number of rotatable bonds is 8. The minimum absolute atomic E-state index is 0.125. The lowest BCUT2D eigenvalue weighted by molar-refractivity contribution is 0.0963. The first-order valence-electron chi connectivity index (χ1n) is 12.5. The number of hydrogen-bond donors (Lipinski definition) is 2. The highest BCUT2D eigenvalue weighted by atomic mass is 32.2. The summed E-state index contributed by atoms with van der Waals surface area (Å²) in [5, 5.41) is 6.13. The summed E-state index contributed by atoms with van der Waals surface area (Å²) in [5.74, 6) is -0.0595. The van der Waals surface area contributed by atoms with Gasteiger partial charge in [-0.25, -0.2) is 8.42 Å². The normalized spacial score (nSPS) is 15.5. The van der Waals surface area contributed by atoms with Crippen molar-refractivity contribution in [2.24, 2.45) is 5.92 Å². The molecule has 0 spiro atoms. The van der Waals surface area contributed by atoms with Crippen LogP contribution < -0.4 is 10.6 Å². The third kappa shape index (κ3) is 5.79. The Morgan fingerprint density at radius 2 is 1.73 bits per heavy atom. The lowest BCUT2D eigenvalue weighted by atomic mass is 9.88. The van der Waals surface area contributed by atoms with Crippen LogP contribution in [0.1, 0.15) is 63.9 Å². The number of nitrogens with one attached hydrogen (secondary N) is 2. The molecule has 196 valence electrons. The summed E-state index contributed by atoms with van der Waals surface area (Å²) in [5.41, 5.74) is 2.78. The van der Waals surface area contributed by atoms with Crippen LogP contribution in [0.4, 0.5) is 5.00 Å². The molecule has 2 N–H and O–H groups in total. The topological polar surface area (TPSA) is 95.6 Å². The van der Waals surface area contributed by atoms with E-state index in [2.05, 4.69) is 17.6 Å². The standard InChI is InChI=1S/C28H33N3O4S2/c1-18(2)31(17-20-8-6-5-7-9-20)37(34,35)22-13-11-21(12-14-22)26(32)30-28-25(27(33)29-4)23-15-10-19(3)16-24(23)36-28/h5-9,11-14,18-19H,10,15-17H2,1-4H3,(H,29,33)(H,30,32). The van der Waals surface area contributed by atoms with Gasteiger partial charge in [-0.3, -0.25) is 9.59 Å². The molecule has 4 rings (SSSR count). The fourth-order valence-electron chi connectivity index (χ4n) is 4.60. The fourth-order valence-corrected chi connectivity index (χ4v) is 7.63. The highest BCUT2D eigenvalue weighted by molar-refractivity contribution is 7.89. The number of thiophene rings is 1. The Labute approximate surface area is 223 Å². The first-order valence-corrected chi connectivity index (χ1v) is 14.7. The van der Waals surface area contributed by atoms with Crippen molar-refractivity contribution in [1.82, 2.24) is 9.62 Å². The average molecular weight is 540 g/mol. The smallest absolute Gasteiger partial charge is 0.256 e. The number of benzene rings is 2. The van der Waals surface area contributed by atoms with Gasteiger partial charge < -0.3 is 10.6 Å². The van der Waals surface area contributed by atoms with E-state index in [1.807, 2.05) is 44.2 Å². The molecule has 0 saturated heterocycles. The van der Waals surface area contributed by atoms with Crippen LogP contribution in [0.3, 0.4) is 0 Å². The van der Waals surface area contributed by atoms with Gasteiger partial charge in [0, 0.05) is 30.1 Å². The largest absolute Gasteiger partial charge is 0.355 e. The van der Waals surface area contributed by atoms with E-state index in [9.17, 15) is 18.0 Å². The molecule has 1 aliphatic carbocycles. The molecule has 3 aromatic rings. The zero-order valence-electron chi connectivity index (χ0n) is 21.6. The van der Waals surface area contributed by atoms with E-state index < -0.39 is 10.0 Å². The molecule has 2 amide bonds. The molecule has 0 radical (unpaired) electrons. The predicted molar refractivity (Wildman–Crippen MR) is 148 cm³/mol.